The molecule has 0 unspecified atom stereocenters. The number of H-pyrrole nitrogens is 1. The minimum Gasteiger partial charge on any atom is -0.497 e. The number of aromatic amines is 1. The summed E-state index contributed by atoms with van der Waals surface area (Å²) in [4.78, 5) is 3.34. The lowest BCUT2D eigenvalue weighted by molar-refractivity contribution is 0.412. The third-order valence-corrected chi connectivity index (χ3v) is 3.61. The van der Waals surface area contributed by atoms with Crippen molar-refractivity contribution >= 4 is 10.9 Å². The summed E-state index contributed by atoms with van der Waals surface area (Å²) in [7, 11) is 1.71. The first-order valence-corrected chi connectivity index (χ1v) is 6.27. The van der Waals surface area contributed by atoms with Crippen LogP contribution in [0.5, 0.6) is 5.75 Å². The maximum atomic E-state index is 5.30. The summed E-state index contributed by atoms with van der Waals surface area (Å²) in [6, 6.07) is 6.69. The second kappa shape index (κ2) is 4.41. The molecule has 17 heavy (non-hydrogen) atoms. The maximum Gasteiger partial charge on any atom is 0.119 e. The highest BCUT2D eigenvalue weighted by Crippen LogP contribution is 2.31. The first kappa shape index (κ1) is 10.7. The van der Waals surface area contributed by atoms with Gasteiger partial charge in [-0.15, -0.1) is 0 Å². The third-order valence-electron chi connectivity index (χ3n) is 3.61. The van der Waals surface area contributed by atoms with Crippen LogP contribution < -0.4 is 10.1 Å². The number of hydrogen-bond donors (Lipinski definition) is 2. The lowest BCUT2D eigenvalue weighted by atomic mass is 9.97. The van der Waals surface area contributed by atoms with Crippen LogP contribution in [0.4, 0.5) is 0 Å². The van der Waals surface area contributed by atoms with Gasteiger partial charge in [-0.05, 0) is 43.1 Å². The number of rotatable bonds is 2. The van der Waals surface area contributed by atoms with Crippen molar-refractivity contribution in [3.8, 4) is 5.75 Å². The fourth-order valence-corrected chi connectivity index (χ4v) is 2.65. The second-order valence-electron chi connectivity index (χ2n) is 4.66. The first-order valence-electron chi connectivity index (χ1n) is 6.27. The van der Waals surface area contributed by atoms with Crippen molar-refractivity contribution in [2.45, 2.75) is 25.3 Å². The zero-order valence-corrected chi connectivity index (χ0v) is 10.1. The van der Waals surface area contributed by atoms with E-state index in [0.29, 0.717) is 6.04 Å². The molecule has 1 saturated heterocycles. The van der Waals surface area contributed by atoms with Gasteiger partial charge in [-0.25, -0.2) is 0 Å². The second-order valence-corrected chi connectivity index (χ2v) is 4.66. The van der Waals surface area contributed by atoms with Crippen molar-refractivity contribution in [2.75, 3.05) is 13.7 Å². The van der Waals surface area contributed by atoms with Crippen LogP contribution in [-0.4, -0.2) is 18.6 Å². The van der Waals surface area contributed by atoms with Crippen LogP contribution in [0.3, 0.4) is 0 Å². The molecular formula is C14H18N2O. The smallest absolute Gasteiger partial charge is 0.119 e. The SMILES string of the molecule is COc1ccc2[nH]cc([C@H]3CCCCN3)c2c1. The summed E-state index contributed by atoms with van der Waals surface area (Å²) < 4.78 is 5.30. The predicted octanol–water partition coefficient (Wildman–Crippen LogP) is 2.99. The fraction of sp³-hybridized carbons (Fsp3) is 0.429. The van der Waals surface area contributed by atoms with Crippen LogP contribution in [0.25, 0.3) is 10.9 Å². The van der Waals surface area contributed by atoms with Crippen LogP contribution in [0.2, 0.25) is 0 Å². The Morgan fingerprint density at radius 3 is 3.00 bits per heavy atom. The van der Waals surface area contributed by atoms with E-state index in [-0.39, 0.29) is 0 Å². The topological polar surface area (TPSA) is 37.0 Å². The van der Waals surface area contributed by atoms with E-state index < -0.39 is 0 Å². The zero-order valence-electron chi connectivity index (χ0n) is 10.1. The normalized spacial score (nSPS) is 20.6. The highest BCUT2D eigenvalue weighted by atomic mass is 16.5. The number of benzene rings is 1. The molecule has 3 heteroatoms. The maximum absolute atomic E-state index is 5.30. The van der Waals surface area contributed by atoms with E-state index in [1.807, 2.05) is 6.07 Å². The molecule has 3 nitrogen and oxygen atoms in total. The van der Waals surface area contributed by atoms with Crippen LogP contribution in [-0.2, 0) is 0 Å². The Hall–Kier alpha value is -1.48. The fourth-order valence-electron chi connectivity index (χ4n) is 2.65. The van der Waals surface area contributed by atoms with Gasteiger partial charge in [0, 0.05) is 23.1 Å². The van der Waals surface area contributed by atoms with Crippen molar-refractivity contribution in [3.63, 3.8) is 0 Å². The van der Waals surface area contributed by atoms with Crippen LogP contribution in [0.15, 0.2) is 24.4 Å². The number of methoxy groups -OCH3 is 1. The number of piperidine rings is 1. The molecule has 3 rings (SSSR count). The van der Waals surface area contributed by atoms with E-state index in [2.05, 4.69) is 28.6 Å². The van der Waals surface area contributed by atoms with Crippen molar-refractivity contribution in [3.05, 3.63) is 30.0 Å². The third kappa shape index (κ3) is 1.91. The van der Waals surface area contributed by atoms with Gasteiger partial charge in [-0.3, -0.25) is 0 Å². The predicted molar refractivity (Wildman–Crippen MR) is 69.4 cm³/mol. The minimum absolute atomic E-state index is 0.490. The van der Waals surface area contributed by atoms with Gasteiger partial charge in [0.2, 0.25) is 0 Å². The summed E-state index contributed by atoms with van der Waals surface area (Å²) in [6.07, 6.45) is 5.97. The largest absolute Gasteiger partial charge is 0.497 e. The molecule has 2 heterocycles. The van der Waals surface area contributed by atoms with E-state index in [9.17, 15) is 0 Å². The van der Waals surface area contributed by atoms with Gasteiger partial charge < -0.3 is 15.0 Å². The van der Waals surface area contributed by atoms with E-state index in [0.717, 1.165) is 12.3 Å². The molecule has 0 saturated carbocycles. The van der Waals surface area contributed by atoms with Gasteiger partial charge in [0.15, 0.2) is 0 Å². The number of ether oxygens (including phenoxy) is 1. The lowest BCUT2D eigenvalue weighted by Gasteiger charge is -2.23. The van der Waals surface area contributed by atoms with Gasteiger partial charge in [0.05, 0.1) is 7.11 Å². The van der Waals surface area contributed by atoms with Crippen LogP contribution in [0.1, 0.15) is 30.9 Å². The minimum atomic E-state index is 0.490. The average molecular weight is 230 g/mol. The van der Waals surface area contributed by atoms with Crippen LogP contribution in [0, 0.1) is 0 Å². The van der Waals surface area contributed by atoms with Gasteiger partial charge >= 0.3 is 0 Å². The Balaban J connectivity index is 2.02. The Kier molecular flexibility index (Phi) is 2.77. The monoisotopic (exact) mass is 230 g/mol. The Morgan fingerprint density at radius 2 is 2.24 bits per heavy atom. The van der Waals surface area contributed by atoms with Gasteiger partial charge in [0.25, 0.3) is 0 Å². The number of aromatic nitrogens is 1. The Morgan fingerprint density at radius 1 is 1.29 bits per heavy atom. The lowest BCUT2D eigenvalue weighted by Crippen LogP contribution is -2.26. The number of fused-ring (bicyclic) bond motifs is 1. The molecule has 2 aromatic rings. The summed E-state index contributed by atoms with van der Waals surface area (Å²) in [5.74, 6) is 0.925. The molecular weight excluding hydrogens is 212 g/mol. The van der Waals surface area contributed by atoms with Gasteiger partial charge in [0.1, 0.15) is 5.75 Å². The summed E-state index contributed by atoms with van der Waals surface area (Å²) >= 11 is 0. The van der Waals surface area contributed by atoms with E-state index in [4.69, 9.17) is 4.74 Å². The molecule has 0 radical (unpaired) electrons. The highest BCUT2D eigenvalue weighted by Gasteiger charge is 2.18. The van der Waals surface area contributed by atoms with E-state index >= 15 is 0 Å². The average Bonchev–Trinajstić information content (AvgIpc) is 2.82. The zero-order chi connectivity index (χ0) is 11.7. The quantitative estimate of drug-likeness (QED) is 0.832. The number of nitrogens with one attached hydrogen (secondary N) is 2. The van der Waals surface area contributed by atoms with Crippen molar-refractivity contribution < 1.29 is 4.74 Å². The molecule has 0 spiro atoms. The summed E-state index contributed by atoms with van der Waals surface area (Å²) in [5.41, 5.74) is 2.56. The first-order chi connectivity index (χ1) is 8.38. The Bertz CT molecular complexity index is 512. The molecule has 0 aliphatic carbocycles. The molecule has 1 fully saturated rings. The molecule has 1 aromatic heterocycles. The summed E-state index contributed by atoms with van der Waals surface area (Å²) in [6.45, 7) is 1.13. The number of hydrogen-bond acceptors (Lipinski definition) is 2. The summed E-state index contributed by atoms with van der Waals surface area (Å²) in [5, 5.41) is 4.87. The molecule has 1 aliphatic heterocycles. The standard InChI is InChI=1S/C14H18N2O/c1-17-10-5-6-14-11(8-10)12(9-16-14)13-4-2-3-7-15-13/h5-6,8-9,13,15-16H,2-4,7H2,1H3/t13-/m1/s1. The highest BCUT2D eigenvalue weighted by molar-refractivity contribution is 5.85. The van der Waals surface area contributed by atoms with Crippen molar-refractivity contribution in [2.24, 2.45) is 0 Å². The van der Waals surface area contributed by atoms with Gasteiger partial charge in [-0.1, -0.05) is 6.42 Å². The van der Waals surface area contributed by atoms with E-state index in [1.165, 1.54) is 35.7 Å². The molecule has 2 N–H and O–H groups in total. The molecule has 90 valence electrons. The van der Waals surface area contributed by atoms with E-state index in [1.54, 1.807) is 7.11 Å². The van der Waals surface area contributed by atoms with Gasteiger partial charge in [-0.2, -0.15) is 0 Å². The van der Waals surface area contributed by atoms with Crippen molar-refractivity contribution in [1.82, 2.24) is 10.3 Å². The Labute approximate surface area is 101 Å². The molecule has 1 aliphatic rings. The molecule has 0 amide bonds. The molecule has 0 bridgehead atoms. The van der Waals surface area contributed by atoms with Crippen molar-refractivity contribution in [1.29, 1.82) is 0 Å². The molecule has 1 aromatic carbocycles. The van der Waals surface area contributed by atoms with Crippen LogP contribution >= 0.6 is 0 Å². The molecule has 1 atom stereocenters.